The maximum absolute atomic E-state index is 13.4. The van der Waals surface area contributed by atoms with Crippen LogP contribution in [-0.2, 0) is 0 Å². The van der Waals surface area contributed by atoms with Gasteiger partial charge in [0.05, 0.1) is 0 Å². The number of nitrogens with zero attached hydrogens (tertiary/aromatic N) is 8. The molecule has 0 aliphatic rings. The second-order valence-electron chi connectivity index (χ2n) is 6.43. The summed E-state index contributed by atoms with van der Waals surface area (Å²) >= 11 is 0. The van der Waals surface area contributed by atoms with E-state index in [1.165, 1.54) is 0 Å². The molecule has 0 radical (unpaired) electrons. The Hall–Kier alpha value is -4.95. The average molecular weight is 420 g/mol. The third-order valence-corrected chi connectivity index (χ3v) is 4.54. The Morgan fingerprint density at radius 1 is 0.806 bits per heavy atom. The number of nitrogens with two attached hydrogens (primary N) is 2. The molecular formula is C16H12N12O3. The molecule has 1 aromatic carbocycles. The van der Waals surface area contributed by atoms with Crippen molar-refractivity contribution in [2.45, 2.75) is 5.92 Å². The number of H-pyrrole nitrogens is 2. The minimum atomic E-state index is -1.49. The first-order valence-electron chi connectivity index (χ1n) is 8.75. The van der Waals surface area contributed by atoms with Gasteiger partial charge in [0.15, 0.2) is 5.78 Å². The molecule has 0 amide bonds. The lowest BCUT2D eigenvalue weighted by Crippen LogP contribution is -2.33. The van der Waals surface area contributed by atoms with E-state index in [4.69, 9.17) is 11.5 Å². The van der Waals surface area contributed by atoms with Crippen molar-refractivity contribution in [1.82, 2.24) is 49.6 Å². The normalized spacial score (nSPS) is 11.5. The third-order valence-electron chi connectivity index (χ3n) is 4.54. The van der Waals surface area contributed by atoms with Gasteiger partial charge in [-0.05, 0) is 0 Å². The third kappa shape index (κ3) is 2.79. The van der Waals surface area contributed by atoms with Crippen LogP contribution in [0.3, 0.4) is 0 Å². The van der Waals surface area contributed by atoms with Gasteiger partial charge in [-0.2, -0.15) is 9.03 Å². The van der Waals surface area contributed by atoms with E-state index in [1.54, 1.807) is 30.3 Å². The van der Waals surface area contributed by atoms with Crippen LogP contribution in [0.5, 0.6) is 0 Å². The molecule has 0 unspecified atom stereocenters. The van der Waals surface area contributed by atoms with Crippen molar-refractivity contribution in [2.24, 2.45) is 0 Å². The molecule has 5 aromatic rings. The molecule has 0 fully saturated rings. The number of carbonyl (C=O) groups excluding carboxylic acids is 1. The predicted molar refractivity (Wildman–Crippen MR) is 104 cm³/mol. The van der Waals surface area contributed by atoms with Crippen molar-refractivity contribution in [2.75, 3.05) is 11.5 Å². The van der Waals surface area contributed by atoms with Crippen molar-refractivity contribution >= 4 is 29.2 Å². The molecule has 6 N–H and O–H groups in total. The van der Waals surface area contributed by atoms with Crippen LogP contribution < -0.4 is 22.6 Å². The van der Waals surface area contributed by atoms with Gasteiger partial charge in [0, 0.05) is 5.56 Å². The van der Waals surface area contributed by atoms with Crippen molar-refractivity contribution in [3.63, 3.8) is 0 Å². The van der Waals surface area contributed by atoms with Crippen LogP contribution in [0.25, 0.3) is 11.6 Å². The van der Waals surface area contributed by atoms with E-state index in [2.05, 4.69) is 40.6 Å². The first kappa shape index (κ1) is 18.1. The molecule has 0 saturated carbocycles. The number of carbonyl (C=O) groups is 1. The van der Waals surface area contributed by atoms with Crippen molar-refractivity contribution in [3.8, 4) is 0 Å². The summed E-state index contributed by atoms with van der Waals surface area (Å²) in [7, 11) is 0. The van der Waals surface area contributed by atoms with E-state index in [9.17, 15) is 14.4 Å². The monoisotopic (exact) mass is 420 g/mol. The number of rotatable bonds is 4. The highest BCUT2D eigenvalue weighted by Crippen LogP contribution is 2.22. The highest BCUT2D eigenvalue weighted by atomic mass is 16.1. The van der Waals surface area contributed by atoms with Crippen LogP contribution in [-0.4, -0.2) is 55.4 Å². The zero-order valence-corrected chi connectivity index (χ0v) is 15.4. The Morgan fingerprint density at radius 3 is 1.77 bits per heavy atom. The molecule has 4 heterocycles. The number of ketones is 1. The first-order chi connectivity index (χ1) is 14.9. The average Bonchev–Trinajstić information content (AvgIpc) is 3.31. The smallest absolute Gasteiger partial charge is 0.286 e. The summed E-state index contributed by atoms with van der Waals surface area (Å²) in [6, 6.07) is 8.09. The highest BCUT2D eigenvalue weighted by Gasteiger charge is 2.33. The summed E-state index contributed by atoms with van der Waals surface area (Å²) < 4.78 is 2.10. The van der Waals surface area contributed by atoms with Gasteiger partial charge in [-0.3, -0.25) is 24.6 Å². The van der Waals surface area contributed by atoms with Gasteiger partial charge in [-0.25, -0.2) is 9.97 Å². The Kier molecular flexibility index (Phi) is 3.82. The lowest BCUT2D eigenvalue weighted by atomic mass is 9.92. The van der Waals surface area contributed by atoms with Gasteiger partial charge in [0.2, 0.25) is 11.9 Å². The fourth-order valence-corrected chi connectivity index (χ4v) is 3.11. The minimum Gasteiger partial charge on any atom is -0.366 e. The molecule has 15 heteroatoms. The summed E-state index contributed by atoms with van der Waals surface area (Å²) in [6.45, 7) is 0. The topological polar surface area (TPSA) is 221 Å². The van der Waals surface area contributed by atoms with Gasteiger partial charge in [-0.15, -0.1) is 20.4 Å². The van der Waals surface area contributed by atoms with Crippen LogP contribution in [0.2, 0.25) is 0 Å². The fraction of sp³-hybridized carbons (Fsp3) is 0.0625. The molecule has 154 valence electrons. The number of benzene rings is 1. The minimum absolute atomic E-state index is 0.0674. The number of aromatic amines is 2. The zero-order valence-electron chi connectivity index (χ0n) is 15.4. The highest BCUT2D eigenvalue weighted by molar-refractivity contribution is 6.02. The van der Waals surface area contributed by atoms with Gasteiger partial charge in [0.25, 0.3) is 22.7 Å². The number of nitrogen functional groups attached to an aromatic ring is 2. The summed E-state index contributed by atoms with van der Waals surface area (Å²) in [5, 5.41) is 19.6. The van der Waals surface area contributed by atoms with Crippen LogP contribution in [0.1, 0.15) is 27.7 Å². The molecule has 4 aromatic heterocycles. The van der Waals surface area contributed by atoms with E-state index in [0.29, 0.717) is 0 Å². The molecule has 15 nitrogen and oxygen atoms in total. The number of aromatic nitrogens is 10. The van der Waals surface area contributed by atoms with Crippen LogP contribution in [0, 0.1) is 0 Å². The Bertz CT molecular complexity index is 1480. The van der Waals surface area contributed by atoms with Crippen LogP contribution in [0.4, 0.5) is 11.9 Å². The van der Waals surface area contributed by atoms with Gasteiger partial charge < -0.3 is 11.5 Å². The summed E-state index contributed by atoms with van der Waals surface area (Å²) in [4.78, 5) is 47.3. The van der Waals surface area contributed by atoms with E-state index in [-0.39, 0.29) is 40.4 Å². The molecule has 5 rings (SSSR count). The summed E-state index contributed by atoms with van der Waals surface area (Å²) in [6.07, 6.45) is 0. The lowest BCUT2D eigenvalue weighted by molar-refractivity contribution is 0.0970. The van der Waals surface area contributed by atoms with Gasteiger partial charge >= 0.3 is 0 Å². The quantitative estimate of drug-likeness (QED) is 0.235. The van der Waals surface area contributed by atoms with E-state index >= 15 is 0 Å². The largest absolute Gasteiger partial charge is 0.366 e. The number of Topliss-reactive ketones (excluding diaryl/α,β-unsaturated/α-hetero) is 1. The molecule has 0 aliphatic carbocycles. The number of anilines is 2. The molecule has 31 heavy (non-hydrogen) atoms. The second kappa shape index (κ2) is 6.55. The van der Waals surface area contributed by atoms with Crippen molar-refractivity contribution < 1.29 is 4.79 Å². The molecular weight excluding hydrogens is 408 g/mol. The van der Waals surface area contributed by atoms with Crippen molar-refractivity contribution in [3.05, 3.63) is 68.0 Å². The Balaban J connectivity index is 1.80. The van der Waals surface area contributed by atoms with E-state index < -0.39 is 22.8 Å². The lowest BCUT2D eigenvalue weighted by Gasteiger charge is -2.14. The van der Waals surface area contributed by atoms with Gasteiger partial charge in [0.1, 0.15) is 17.3 Å². The Labute approximate surface area is 169 Å². The maximum Gasteiger partial charge on any atom is 0.286 e. The standard InChI is InChI=1S/C16H12N12O3/c17-13-21-23-15-19-8(11(30)25-27(13)15)7(10(29)6-4-2-1-3-5-6)9-12(31)26-28-14(18)22-24-16(28)20-9/h1-5,7H,(H2,17,21)(H2,18,22)(H,25,30)(H,26,31). The summed E-state index contributed by atoms with van der Waals surface area (Å²) in [5.74, 6) is -2.42. The fourth-order valence-electron chi connectivity index (χ4n) is 3.11. The number of fused-ring (bicyclic) bond motifs is 2. The number of hydrogen-bond acceptors (Lipinski definition) is 11. The van der Waals surface area contributed by atoms with E-state index in [0.717, 1.165) is 9.03 Å². The van der Waals surface area contributed by atoms with Gasteiger partial charge in [-0.1, -0.05) is 30.3 Å². The first-order valence-corrected chi connectivity index (χ1v) is 8.75. The second-order valence-corrected chi connectivity index (χ2v) is 6.43. The molecule has 0 spiro atoms. The molecule has 0 bridgehead atoms. The van der Waals surface area contributed by atoms with Crippen LogP contribution >= 0.6 is 0 Å². The molecule has 0 saturated heterocycles. The van der Waals surface area contributed by atoms with Crippen molar-refractivity contribution in [1.29, 1.82) is 0 Å². The number of hydrogen-bond donors (Lipinski definition) is 4. The maximum atomic E-state index is 13.4. The number of nitrogens with one attached hydrogen (secondary N) is 2. The summed E-state index contributed by atoms with van der Waals surface area (Å²) in [5.41, 5.74) is 9.31. The van der Waals surface area contributed by atoms with Crippen LogP contribution in [0.15, 0.2) is 39.9 Å². The van der Waals surface area contributed by atoms with E-state index in [1.807, 2.05) is 0 Å². The molecule has 0 aliphatic heterocycles. The molecule has 0 atom stereocenters. The SMILES string of the molecule is Nc1nnc2nc(C(C(=O)c3ccccc3)c3nc4nnc(N)n4[nH]c3=O)c(=O)[nH]n12. The predicted octanol–water partition coefficient (Wildman–Crippen LogP) is -1.88. The Morgan fingerprint density at radius 2 is 1.29 bits per heavy atom. The zero-order chi connectivity index (χ0) is 21.7.